The Kier molecular flexibility index (Phi) is 4.85. The maximum atomic E-state index is 13.8. The molecule has 31 heavy (non-hydrogen) atoms. The maximum absolute atomic E-state index is 13.8. The van der Waals surface area contributed by atoms with Gasteiger partial charge < -0.3 is 24.9 Å². The normalized spacial score (nSPS) is 18.4. The fraction of sp³-hybridized carbons (Fsp3) is 0.381. The summed E-state index contributed by atoms with van der Waals surface area (Å²) in [6.45, 7) is 3.17. The number of aromatic nitrogens is 3. The van der Waals surface area contributed by atoms with Crippen LogP contribution in [0.3, 0.4) is 0 Å². The third kappa shape index (κ3) is 3.63. The van der Waals surface area contributed by atoms with E-state index in [1.54, 1.807) is 23.9 Å². The summed E-state index contributed by atoms with van der Waals surface area (Å²) >= 11 is 0. The first-order valence-corrected chi connectivity index (χ1v) is 10.1. The summed E-state index contributed by atoms with van der Waals surface area (Å²) in [7, 11) is 1.56. The average Bonchev–Trinajstić information content (AvgIpc) is 3.38. The molecule has 0 bridgehead atoms. The Balaban J connectivity index is 1.40. The average molecular weight is 426 g/mol. The van der Waals surface area contributed by atoms with Crippen molar-refractivity contribution in [3.63, 3.8) is 0 Å². The van der Waals surface area contributed by atoms with Crippen molar-refractivity contribution in [2.75, 3.05) is 25.6 Å². The van der Waals surface area contributed by atoms with Crippen molar-refractivity contribution < 1.29 is 18.7 Å². The number of oxime groups is 1. The summed E-state index contributed by atoms with van der Waals surface area (Å²) in [6, 6.07) is 6.03. The van der Waals surface area contributed by atoms with Crippen molar-refractivity contribution >= 4 is 17.3 Å². The van der Waals surface area contributed by atoms with Gasteiger partial charge in [0.15, 0.2) is 11.5 Å². The molecule has 162 valence electrons. The summed E-state index contributed by atoms with van der Waals surface area (Å²) in [5.41, 5.74) is 1.54. The number of hydrogen-bond acceptors (Lipinski definition) is 8. The molecule has 1 fully saturated rings. The van der Waals surface area contributed by atoms with Crippen LogP contribution in [0, 0.1) is 5.82 Å². The molecule has 2 N–H and O–H groups in total. The minimum Gasteiger partial charge on any atom is -0.496 e. The molecule has 9 nitrogen and oxygen atoms in total. The van der Waals surface area contributed by atoms with Crippen LogP contribution in [0.2, 0.25) is 0 Å². The molecule has 1 aromatic carbocycles. The number of anilines is 1. The van der Waals surface area contributed by atoms with Crippen LogP contribution < -0.4 is 15.4 Å². The summed E-state index contributed by atoms with van der Waals surface area (Å²) in [5.74, 6) is 1.50. The minimum atomic E-state index is -0.528. The maximum Gasteiger partial charge on any atom is 0.213 e. The number of amidine groups is 1. The number of nitrogens with one attached hydrogen (secondary N) is 2. The number of halogens is 1. The molecule has 2 aliphatic rings. The van der Waals surface area contributed by atoms with Crippen LogP contribution in [0.15, 0.2) is 41.8 Å². The van der Waals surface area contributed by atoms with Crippen molar-refractivity contribution in [1.82, 2.24) is 19.9 Å². The van der Waals surface area contributed by atoms with Crippen molar-refractivity contribution in [3.05, 3.63) is 53.6 Å². The van der Waals surface area contributed by atoms with Gasteiger partial charge in [-0.2, -0.15) is 5.10 Å². The lowest BCUT2D eigenvalue weighted by Crippen LogP contribution is -2.49. The summed E-state index contributed by atoms with van der Waals surface area (Å²) < 4.78 is 26.2. The van der Waals surface area contributed by atoms with Crippen LogP contribution in [0.25, 0.3) is 5.65 Å². The summed E-state index contributed by atoms with van der Waals surface area (Å²) in [6.07, 6.45) is 4.95. The SMILES string of the molecule is COc1ccc(F)cc1C(C)Nc1ccn2ncc(C3=NOC4(CCOCC4)N3)c2n1. The van der Waals surface area contributed by atoms with Gasteiger partial charge in [-0.25, -0.2) is 13.9 Å². The molecular formula is C21H23FN6O3. The number of ether oxygens (including phenoxy) is 2. The number of rotatable bonds is 5. The van der Waals surface area contributed by atoms with Gasteiger partial charge >= 0.3 is 0 Å². The van der Waals surface area contributed by atoms with Crippen LogP contribution in [-0.4, -0.2) is 46.5 Å². The van der Waals surface area contributed by atoms with E-state index in [0.29, 0.717) is 54.7 Å². The molecule has 3 aromatic rings. The third-order valence-corrected chi connectivity index (χ3v) is 5.61. The molecule has 4 heterocycles. The zero-order valence-corrected chi connectivity index (χ0v) is 17.3. The van der Waals surface area contributed by atoms with Crippen molar-refractivity contribution in [2.24, 2.45) is 5.16 Å². The Morgan fingerprint density at radius 3 is 2.94 bits per heavy atom. The Labute approximate surface area is 178 Å². The van der Waals surface area contributed by atoms with E-state index in [-0.39, 0.29) is 11.9 Å². The molecule has 1 unspecified atom stereocenters. The highest BCUT2D eigenvalue weighted by atomic mass is 19.1. The molecule has 1 saturated heterocycles. The zero-order chi connectivity index (χ0) is 21.4. The van der Waals surface area contributed by atoms with Gasteiger partial charge in [-0.1, -0.05) is 5.16 Å². The lowest BCUT2D eigenvalue weighted by atomic mass is 10.0. The third-order valence-electron chi connectivity index (χ3n) is 5.61. The van der Waals surface area contributed by atoms with Gasteiger partial charge in [0, 0.05) is 24.6 Å². The van der Waals surface area contributed by atoms with Crippen LogP contribution in [0.5, 0.6) is 5.75 Å². The smallest absolute Gasteiger partial charge is 0.213 e. The van der Waals surface area contributed by atoms with E-state index < -0.39 is 5.72 Å². The fourth-order valence-corrected chi connectivity index (χ4v) is 3.89. The second-order valence-corrected chi connectivity index (χ2v) is 7.65. The van der Waals surface area contributed by atoms with Gasteiger partial charge in [-0.3, -0.25) is 0 Å². The Bertz CT molecular complexity index is 1140. The Morgan fingerprint density at radius 2 is 2.13 bits per heavy atom. The van der Waals surface area contributed by atoms with E-state index in [1.165, 1.54) is 12.1 Å². The van der Waals surface area contributed by atoms with E-state index in [4.69, 9.17) is 19.3 Å². The lowest BCUT2D eigenvalue weighted by Gasteiger charge is -2.30. The predicted molar refractivity (Wildman–Crippen MR) is 112 cm³/mol. The quantitative estimate of drug-likeness (QED) is 0.648. The number of benzene rings is 1. The van der Waals surface area contributed by atoms with Gasteiger partial charge in [0.25, 0.3) is 0 Å². The molecule has 2 aliphatic heterocycles. The molecule has 2 aromatic heterocycles. The second-order valence-electron chi connectivity index (χ2n) is 7.65. The molecule has 0 aliphatic carbocycles. The zero-order valence-electron chi connectivity index (χ0n) is 17.3. The molecule has 5 rings (SSSR count). The molecule has 1 spiro atoms. The highest BCUT2D eigenvalue weighted by molar-refractivity contribution is 6.04. The first-order valence-electron chi connectivity index (χ1n) is 10.1. The van der Waals surface area contributed by atoms with Gasteiger partial charge in [-0.05, 0) is 31.2 Å². The van der Waals surface area contributed by atoms with Crippen molar-refractivity contribution in [1.29, 1.82) is 0 Å². The Morgan fingerprint density at radius 1 is 1.29 bits per heavy atom. The number of methoxy groups -OCH3 is 1. The van der Waals surface area contributed by atoms with Crippen LogP contribution in [0.1, 0.15) is 36.9 Å². The lowest BCUT2D eigenvalue weighted by molar-refractivity contribution is -0.104. The first-order chi connectivity index (χ1) is 15.1. The highest BCUT2D eigenvalue weighted by Gasteiger charge is 2.41. The van der Waals surface area contributed by atoms with Crippen molar-refractivity contribution in [3.8, 4) is 5.75 Å². The van der Waals surface area contributed by atoms with Gasteiger partial charge in [0.05, 0.1) is 38.1 Å². The molecule has 0 saturated carbocycles. The van der Waals surface area contributed by atoms with E-state index in [9.17, 15) is 4.39 Å². The van der Waals surface area contributed by atoms with Crippen molar-refractivity contribution in [2.45, 2.75) is 31.5 Å². The molecule has 10 heteroatoms. The minimum absolute atomic E-state index is 0.234. The first kappa shape index (κ1) is 19.6. The number of hydrogen-bond donors (Lipinski definition) is 2. The molecular weight excluding hydrogens is 403 g/mol. The molecule has 0 radical (unpaired) electrons. The fourth-order valence-electron chi connectivity index (χ4n) is 3.89. The largest absolute Gasteiger partial charge is 0.496 e. The van der Waals surface area contributed by atoms with Gasteiger partial charge in [0.2, 0.25) is 5.72 Å². The van der Waals surface area contributed by atoms with Crippen LogP contribution in [-0.2, 0) is 9.57 Å². The van der Waals surface area contributed by atoms with Crippen LogP contribution >= 0.6 is 0 Å². The second kappa shape index (κ2) is 7.69. The van der Waals surface area contributed by atoms with E-state index >= 15 is 0 Å². The highest BCUT2D eigenvalue weighted by Crippen LogP contribution is 2.30. The van der Waals surface area contributed by atoms with E-state index in [2.05, 4.69) is 20.9 Å². The predicted octanol–water partition coefficient (Wildman–Crippen LogP) is 2.84. The summed E-state index contributed by atoms with van der Waals surface area (Å²) in [4.78, 5) is 10.4. The molecule has 1 atom stereocenters. The Hall–Kier alpha value is -3.40. The molecule has 0 amide bonds. The number of nitrogens with zero attached hydrogens (tertiary/aromatic N) is 4. The van der Waals surface area contributed by atoms with E-state index in [1.807, 2.05) is 19.2 Å². The number of fused-ring (bicyclic) bond motifs is 1. The standard InChI is InChI=1S/C21H23FN6O3/c1-13(15-11-14(22)3-4-17(15)29-2)24-18-5-8-28-20(25-18)16(12-23-28)19-26-21(31-27-19)6-9-30-10-7-21/h3-5,8,11-13H,6-7,9-10H2,1-2H3,(H,24,25)(H,26,27). The summed E-state index contributed by atoms with van der Waals surface area (Å²) in [5, 5.41) is 15.3. The van der Waals surface area contributed by atoms with Gasteiger partial charge in [0.1, 0.15) is 17.4 Å². The van der Waals surface area contributed by atoms with E-state index in [0.717, 1.165) is 5.56 Å². The topological polar surface area (TPSA) is 94.3 Å². The monoisotopic (exact) mass is 426 g/mol. The van der Waals surface area contributed by atoms with Gasteiger partial charge in [-0.15, -0.1) is 0 Å². The van der Waals surface area contributed by atoms with Crippen LogP contribution in [0.4, 0.5) is 10.2 Å².